The summed E-state index contributed by atoms with van der Waals surface area (Å²) in [5.41, 5.74) is 1.08. The quantitative estimate of drug-likeness (QED) is 0.736. The van der Waals surface area contributed by atoms with Crippen molar-refractivity contribution in [3.63, 3.8) is 0 Å². The van der Waals surface area contributed by atoms with Crippen molar-refractivity contribution in [1.29, 1.82) is 0 Å². The van der Waals surface area contributed by atoms with E-state index in [-0.39, 0.29) is 5.02 Å². The molecule has 0 unspecified atom stereocenters. The van der Waals surface area contributed by atoms with Crippen LogP contribution < -0.4 is 0 Å². The summed E-state index contributed by atoms with van der Waals surface area (Å²) in [4.78, 5) is 10.9. The molecule has 17 heavy (non-hydrogen) atoms. The van der Waals surface area contributed by atoms with E-state index in [1.807, 2.05) is 0 Å². The first-order chi connectivity index (χ1) is 8.11. The fourth-order valence-electron chi connectivity index (χ4n) is 1.57. The standard InChI is InChI=1S/C13H7ClF2O/c14-13-6-10(16)3-4-11(13)12-5-9(15)2-1-8(12)7-17/h1-7H. The Morgan fingerprint density at radius 1 is 0.941 bits per heavy atom. The molecule has 0 saturated heterocycles. The van der Waals surface area contributed by atoms with Crippen LogP contribution in [0.15, 0.2) is 36.4 Å². The number of carbonyl (C=O) groups excluding carboxylic acids is 1. The van der Waals surface area contributed by atoms with E-state index >= 15 is 0 Å². The summed E-state index contributed by atoms with van der Waals surface area (Å²) in [6.45, 7) is 0. The Hall–Kier alpha value is -1.74. The average Bonchev–Trinajstić information content (AvgIpc) is 2.29. The molecule has 2 aromatic carbocycles. The molecule has 0 aliphatic carbocycles. The molecule has 0 saturated carbocycles. The van der Waals surface area contributed by atoms with Gasteiger partial charge in [0.25, 0.3) is 0 Å². The molecule has 0 aromatic heterocycles. The molecular weight excluding hydrogens is 246 g/mol. The van der Waals surface area contributed by atoms with Gasteiger partial charge in [-0.3, -0.25) is 4.79 Å². The van der Waals surface area contributed by atoms with Gasteiger partial charge in [-0.25, -0.2) is 8.78 Å². The smallest absolute Gasteiger partial charge is 0.150 e. The average molecular weight is 253 g/mol. The highest BCUT2D eigenvalue weighted by Crippen LogP contribution is 2.31. The van der Waals surface area contributed by atoms with Crippen LogP contribution in [0.5, 0.6) is 0 Å². The first-order valence-corrected chi connectivity index (χ1v) is 5.20. The summed E-state index contributed by atoms with van der Waals surface area (Å²) in [6, 6.07) is 7.49. The number of halogens is 3. The Labute approximate surface area is 102 Å². The van der Waals surface area contributed by atoms with E-state index in [1.54, 1.807) is 0 Å². The van der Waals surface area contributed by atoms with Crippen LogP contribution in [0.1, 0.15) is 10.4 Å². The molecule has 0 fully saturated rings. The van der Waals surface area contributed by atoms with E-state index in [9.17, 15) is 13.6 Å². The van der Waals surface area contributed by atoms with E-state index in [2.05, 4.69) is 0 Å². The predicted molar refractivity (Wildman–Crippen MR) is 62.2 cm³/mol. The van der Waals surface area contributed by atoms with Gasteiger partial charge in [0.2, 0.25) is 0 Å². The van der Waals surface area contributed by atoms with Gasteiger partial charge in [-0.05, 0) is 42.0 Å². The Balaban J connectivity index is 2.66. The van der Waals surface area contributed by atoms with Crippen molar-refractivity contribution in [2.75, 3.05) is 0 Å². The van der Waals surface area contributed by atoms with Crippen LogP contribution in [0.25, 0.3) is 11.1 Å². The SMILES string of the molecule is O=Cc1ccc(F)cc1-c1ccc(F)cc1Cl. The molecule has 0 radical (unpaired) electrons. The molecule has 4 heteroatoms. The third-order valence-electron chi connectivity index (χ3n) is 2.36. The third-order valence-corrected chi connectivity index (χ3v) is 2.68. The molecule has 0 bridgehead atoms. The van der Waals surface area contributed by atoms with Crippen LogP contribution in [-0.4, -0.2) is 6.29 Å². The van der Waals surface area contributed by atoms with Crippen LogP contribution in [0.3, 0.4) is 0 Å². The van der Waals surface area contributed by atoms with E-state index in [0.29, 0.717) is 23.0 Å². The summed E-state index contributed by atoms with van der Waals surface area (Å²) < 4.78 is 26.0. The lowest BCUT2D eigenvalue weighted by Gasteiger charge is -2.07. The molecule has 86 valence electrons. The number of rotatable bonds is 2. The van der Waals surface area contributed by atoms with E-state index in [4.69, 9.17) is 11.6 Å². The minimum Gasteiger partial charge on any atom is -0.298 e. The van der Waals surface area contributed by atoms with Crippen molar-refractivity contribution >= 4 is 17.9 Å². The number of hydrogen-bond donors (Lipinski definition) is 0. The first kappa shape index (κ1) is 11.7. The highest BCUT2D eigenvalue weighted by Gasteiger charge is 2.10. The van der Waals surface area contributed by atoms with Gasteiger partial charge in [-0.2, -0.15) is 0 Å². The Kier molecular flexibility index (Phi) is 3.20. The van der Waals surface area contributed by atoms with Crippen molar-refractivity contribution in [2.45, 2.75) is 0 Å². The zero-order valence-corrected chi connectivity index (χ0v) is 9.34. The lowest BCUT2D eigenvalue weighted by Crippen LogP contribution is -1.90. The zero-order valence-electron chi connectivity index (χ0n) is 8.58. The predicted octanol–water partition coefficient (Wildman–Crippen LogP) is 4.10. The van der Waals surface area contributed by atoms with Crippen molar-refractivity contribution in [1.82, 2.24) is 0 Å². The zero-order chi connectivity index (χ0) is 12.4. The third kappa shape index (κ3) is 2.34. The van der Waals surface area contributed by atoms with Gasteiger partial charge in [0.05, 0.1) is 5.02 Å². The van der Waals surface area contributed by atoms with Gasteiger partial charge >= 0.3 is 0 Å². The van der Waals surface area contributed by atoms with Gasteiger partial charge in [0.15, 0.2) is 6.29 Å². The van der Waals surface area contributed by atoms with Crippen molar-refractivity contribution in [3.05, 3.63) is 58.6 Å². The van der Waals surface area contributed by atoms with Crippen molar-refractivity contribution in [2.24, 2.45) is 0 Å². The second kappa shape index (κ2) is 4.63. The van der Waals surface area contributed by atoms with Crippen LogP contribution in [0.4, 0.5) is 8.78 Å². The molecule has 2 aromatic rings. The maximum atomic E-state index is 13.1. The van der Waals surface area contributed by atoms with E-state index in [1.165, 1.54) is 30.3 Å². The molecular formula is C13H7ClF2O. The molecule has 1 nitrogen and oxygen atoms in total. The van der Waals surface area contributed by atoms with Crippen molar-refractivity contribution < 1.29 is 13.6 Å². The van der Waals surface area contributed by atoms with E-state index < -0.39 is 11.6 Å². The van der Waals surface area contributed by atoms with Crippen LogP contribution in [0.2, 0.25) is 5.02 Å². The summed E-state index contributed by atoms with van der Waals surface area (Å²) in [7, 11) is 0. The highest BCUT2D eigenvalue weighted by molar-refractivity contribution is 6.33. The topological polar surface area (TPSA) is 17.1 Å². The lowest BCUT2D eigenvalue weighted by molar-refractivity contribution is 0.112. The second-order valence-electron chi connectivity index (χ2n) is 3.47. The van der Waals surface area contributed by atoms with Crippen LogP contribution >= 0.6 is 11.6 Å². The largest absolute Gasteiger partial charge is 0.298 e. The molecule has 0 aliphatic rings. The Morgan fingerprint density at radius 3 is 2.24 bits per heavy atom. The maximum absolute atomic E-state index is 13.1. The fourth-order valence-corrected chi connectivity index (χ4v) is 1.84. The fraction of sp³-hybridized carbons (Fsp3) is 0. The molecule has 0 heterocycles. The normalized spacial score (nSPS) is 10.3. The van der Waals surface area contributed by atoms with Gasteiger partial charge in [-0.1, -0.05) is 11.6 Å². The molecule has 0 aliphatic heterocycles. The van der Waals surface area contributed by atoms with Crippen LogP contribution in [-0.2, 0) is 0 Å². The molecule has 2 rings (SSSR count). The summed E-state index contributed by atoms with van der Waals surface area (Å²) in [6.07, 6.45) is 0.606. The van der Waals surface area contributed by atoms with Gasteiger partial charge < -0.3 is 0 Å². The monoisotopic (exact) mass is 252 g/mol. The van der Waals surface area contributed by atoms with Gasteiger partial charge in [0.1, 0.15) is 11.6 Å². The Morgan fingerprint density at radius 2 is 1.59 bits per heavy atom. The highest BCUT2D eigenvalue weighted by atomic mass is 35.5. The minimum absolute atomic E-state index is 0.138. The molecule has 0 atom stereocenters. The lowest BCUT2D eigenvalue weighted by atomic mass is 10.00. The number of benzene rings is 2. The van der Waals surface area contributed by atoms with Crippen LogP contribution in [0, 0.1) is 11.6 Å². The van der Waals surface area contributed by atoms with Gasteiger partial charge in [0, 0.05) is 11.1 Å². The summed E-state index contributed by atoms with van der Waals surface area (Å²) in [5, 5.41) is 0.138. The number of aldehydes is 1. The van der Waals surface area contributed by atoms with Gasteiger partial charge in [-0.15, -0.1) is 0 Å². The maximum Gasteiger partial charge on any atom is 0.150 e. The summed E-state index contributed by atoms with van der Waals surface area (Å²) in [5.74, 6) is -0.964. The van der Waals surface area contributed by atoms with E-state index in [0.717, 1.165) is 6.07 Å². The molecule has 0 spiro atoms. The Bertz CT molecular complexity index is 582. The number of carbonyl (C=O) groups is 1. The van der Waals surface area contributed by atoms with Crippen molar-refractivity contribution in [3.8, 4) is 11.1 Å². The molecule has 0 amide bonds. The first-order valence-electron chi connectivity index (χ1n) is 4.82. The second-order valence-corrected chi connectivity index (χ2v) is 3.88. The summed E-state index contributed by atoms with van der Waals surface area (Å²) >= 11 is 5.87. The number of hydrogen-bond acceptors (Lipinski definition) is 1. The minimum atomic E-state index is -0.484. The molecule has 0 N–H and O–H groups in total.